The van der Waals surface area contributed by atoms with Gasteiger partial charge in [-0.15, -0.1) is 0 Å². The van der Waals surface area contributed by atoms with Crippen LogP contribution in [0.3, 0.4) is 0 Å². The maximum absolute atomic E-state index is 13.0. The summed E-state index contributed by atoms with van der Waals surface area (Å²) in [5.41, 5.74) is 4.04. The Bertz CT molecular complexity index is 746. The zero-order valence-electron chi connectivity index (χ0n) is 16.3. The van der Waals surface area contributed by atoms with E-state index in [1.807, 2.05) is 66.7 Å². The van der Waals surface area contributed by atoms with Crippen molar-refractivity contribution >= 4 is 11.8 Å². The van der Waals surface area contributed by atoms with E-state index in [9.17, 15) is 14.7 Å². The largest absolute Gasteiger partial charge is 0.478 e. The lowest BCUT2D eigenvalue weighted by molar-refractivity contribution is -0.132. The van der Waals surface area contributed by atoms with E-state index in [2.05, 4.69) is 0 Å². The van der Waals surface area contributed by atoms with E-state index < -0.39 is 5.97 Å². The van der Waals surface area contributed by atoms with Gasteiger partial charge in [0.1, 0.15) is 0 Å². The topological polar surface area (TPSA) is 54.4 Å². The lowest BCUT2D eigenvalue weighted by Crippen LogP contribution is -2.28. The van der Waals surface area contributed by atoms with Crippen LogP contribution < -0.4 is 0 Å². The molecule has 2 rings (SSSR count). The van der Waals surface area contributed by atoms with E-state index in [-0.39, 0.29) is 16.6 Å². The quantitative estimate of drug-likeness (QED) is 0.716. The summed E-state index contributed by atoms with van der Waals surface area (Å²) in [7, 11) is 0. The van der Waals surface area contributed by atoms with Crippen molar-refractivity contribution in [3.8, 4) is 0 Å². The van der Waals surface area contributed by atoms with Gasteiger partial charge < -0.3 is 5.11 Å². The molecule has 0 aliphatic heterocycles. The molecule has 0 radical (unpaired) electrons. The molecule has 3 heteroatoms. The monoisotopic (exact) mass is 340 g/mol. The normalized spacial score (nSPS) is 19.2. The number of allylic oxidation sites excluding steroid dienone is 8. The molecule has 0 aromatic carbocycles. The maximum Gasteiger partial charge on any atom is 0.335 e. The molecule has 0 aromatic heterocycles. The summed E-state index contributed by atoms with van der Waals surface area (Å²) in [6.45, 7) is 14.1. The van der Waals surface area contributed by atoms with E-state index in [1.165, 1.54) is 0 Å². The number of carboxylic acid groups (broad SMARTS) is 1. The van der Waals surface area contributed by atoms with Gasteiger partial charge in [-0.1, -0.05) is 53.7 Å². The first kappa shape index (κ1) is 19.2. The van der Waals surface area contributed by atoms with Crippen molar-refractivity contribution in [2.24, 2.45) is 10.8 Å². The van der Waals surface area contributed by atoms with Crippen LogP contribution in [0.4, 0.5) is 0 Å². The molecule has 0 amide bonds. The van der Waals surface area contributed by atoms with Crippen molar-refractivity contribution in [3.63, 3.8) is 0 Å². The molecule has 2 aliphatic carbocycles. The Morgan fingerprint density at radius 3 is 1.88 bits per heavy atom. The van der Waals surface area contributed by atoms with Gasteiger partial charge in [0.15, 0.2) is 5.78 Å². The molecule has 0 bridgehead atoms. The second-order valence-electron chi connectivity index (χ2n) is 8.83. The number of carbonyl (C=O) groups excluding carboxylic acids is 1. The average Bonchev–Trinajstić information content (AvgIpc) is 2.45. The van der Waals surface area contributed by atoms with Gasteiger partial charge in [-0.3, -0.25) is 4.79 Å². The van der Waals surface area contributed by atoms with E-state index >= 15 is 0 Å². The summed E-state index contributed by atoms with van der Waals surface area (Å²) < 4.78 is 0. The molecule has 0 atom stereocenters. The lowest BCUT2D eigenvalue weighted by atomic mass is 9.71. The minimum absolute atomic E-state index is 0.0933. The van der Waals surface area contributed by atoms with E-state index in [0.29, 0.717) is 12.0 Å². The second kappa shape index (κ2) is 6.29. The van der Waals surface area contributed by atoms with Gasteiger partial charge in [-0.2, -0.15) is 0 Å². The summed E-state index contributed by atoms with van der Waals surface area (Å²) in [5.74, 6) is -0.825. The van der Waals surface area contributed by atoms with Crippen LogP contribution in [0.2, 0.25) is 0 Å². The summed E-state index contributed by atoms with van der Waals surface area (Å²) >= 11 is 0. The number of Topliss-reactive ketones (excluding diaryl/α,β-unsaturated/α-hetero) is 1. The smallest absolute Gasteiger partial charge is 0.335 e. The van der Waals surface area contributed by atoms with Crippen molar-refractivity contribution in [1.82, 2.24) is 0 Å². The van der Waals surface area contributed by atoms with E-state index in [0.717, 1.165) is 27.9 Å². The van der Waals surface area contributed by atoms with Gasteiger partial charge in [0, 0.05) is 11.1 Å². The molecule has 0 saturated heterocycles. The highest BCUT2D eigenvalue weighted by atomic mass is 16.4. The lowest BCUT2D eigenvalue weighted by Gasteiger charge is -2.32. The number of hydrogen-bond donors (Lipinski definition) is 1. The molecule has 3 nitrogen and oxygen atoms in total. The molecule has 0 fully saturated rings. The first-order chi connectivity index (χ1) is 11.3. The molecule has 0 unspecified atom stereocenters. The number of rotatable bonds is 1. The molecule has 0 heterocycles. The second-order valence-corrected chi connectivity index (χ2v) is 8.83. The Kier molecular flexibility index (Phi) is 4.82. The molecule has 134 valence electrons. The molecule has 0 aromatic rings. The highest BCUT2D eigenvalue weighted by molar-refractivity contribution is 6.12. The number of carbonyl (C=O) groups is 2. The van der Waals surface area contributed by atoms with E-state index in [1.54, 1.807) is 6.08 Å². The molecule has 1 N–H and O–H groups in total. The van der Waals surface area contributed by atoms with Crippen molar-refractivity contribution < 1.29 is 14.7 Å². The zero-order chi connectivity index (χ0) is 19.2. The number of aliphatic carboxylic acids is 1. The molecule has 0 spiro atoms. The predicted molar refractivity (Wildman–Crippen MR) is 101 cm³/mol. The fraction of sp³-hybridized carbons (Fsp3) is 0.455. The minimum Gasteiger partial charge on any atom is -0.478 e. The average molecular weight is 340 g/mol. The van der Waals surface area contributed by atoms with Gasteiger partial charge in [-0.25, -0.2) is 4.79 Å². The molecular weight excluding hydrogens is 312 g/mol. The van der Waals surface area contributed by atoms with Gasteiger partial charge in [0.2, 0.25) is 0 Å². The van der Waals surface area contributed by atoms with Crippen LogP contribution in [0, 0.1) is 10.8 Å². The zero-order valence-corrected chi connectivity index (χ0v) is 16.3. The van der Waals surface area contributed by atoms with Gasteiger partial charge >= 0.3 is 5.97 Å². The maximum atomic E-state index is 13.0. The third-order valence-corrected chi connectivity index (χ3v) is 4.75. The summed E-state index contributed by atoms with van der Waals surface area (Å²) in [4.78, 5) is 24.5. The number of carboxylic acids is 1. The third-order valence-electron chi connectivity index (χ3n) is 4.75. The van der Waals surface area contributed by atoms with Crippen LogP contribution in [0.15, 0.2) is 57.7 Å². The van der Waals surface area contributed by atoms with Gasteiger partial charge in [0.25, 0.3) is 0 Å². The highest BCUT2D eigenvalue weighted by Gasteiger charge is 2.34. The van der Waals surface area contributed by atoms with Crippen LogP contribution >= 0.6 is 0 Å². The third kappa shape index (κ3) is 3.76. The number of hydrogen-bond acceptors (Lipinski definition) is 2. The molecule has 0 saturated carbocycles. The van der Waals surface area contributed by atoms with Crippen LogP contribution in [0.5, 0.6) is 0 Å². The summed E-state index contributed by atoms with van der Waals surface area (Å²) in [5, 5.41) is 9.41. The molecule has 2 aliphatic rings. The van der Waals surface area contributed by atoms with Crippen molar-refractivity contribution in [3.05, 3.63) is 57.7 Å². The number of ketones is 1. The Balaban J connectivity index is 2.76. The van der Waals surface area contributed by atoms with Crippen molar-refractivity contribution in [2.75, 3.05) is 0 Å². The van der Waals surface area contributed by atoms with Gasteiger partial charge in [0.05, 0.1) is 5.57 Å². The van der Waals surface area contributed by atoms with Crippen LogP contribution in [-0.4, -0.2) is 16.9 Å². The van der Waals surface area contributed by atoms with E-state index in [4.69, 9.17) is 0 Å². The fourth-order valence-corrected chi connectivity index (χ4v) is 3.22. The Morgan fingerprint density at radius 2 is 1.48 bits per heavy atom. The fourth-order valence-electron chi connectivity index (χ4n) is 3.22. The Hall–Kier alpha value is -2.16. The predicted octanol–water partition coefficient (Wildman–Crippen LogP) is 5.17. The van der Waals surface area contributed by atoms with Crippen LogP contribution in [-0.2, 0) is 9.59 Å². The first-order valence-corrected chi connectivity index (χ1v) is 8.67. The Morgan fingerprint density at radius 1 is 1.00 bits per heavy atom. The standard InChI is InChI=1S/C22H28O3/c1-13-15(9-8-10-16(13)20(24)25)14-11-17(21(2,3)4)19(23)18(12-14)22(5,6)7/h8,10-12H,9H2,1-7H3,(H,24,25). The first-order valence-electron chi connectivity index (χ1n) is 8.67. The summed E-state index contributed by atoms with van der Waals surface area (Å²) in [6, 6.07) is 0. The van der Waals surface area contributed by atoms with Gasteiger partial charge in [-0.05, 0) is 53.0 Å². The van der Waals surface area contributed by atoms with Crippen molar-refractivity contribution in [2.45, 2.75) is 54.9 Å². The minimum atomic E-state index is -0.918. The van der Waals surface area contributed by atoms with Crippen LogP contribution in [0.25, 0.3) is 0 Å². The SMILES string of the molecule is CC1=C(C(=O)O)C=CCC1=C1C=C(C(C)(C)C)C(=O)C(C(C)(C)C)=C1. The summed E-state index contributed by atoms with van der Waals surface area (Å²) in [6.07, 6.45) is 8.13. The molecular formula is C22H28O3. The highest BCUT2D eigenvalue weighted by Crippen LogP contribution is 2.41. The molecule has 25 heavy (non-hydrogen) atoms. The van der Waals surface area contributed by atoms with Crippen LogP contribution in [0.1, 0.15) is 54.9 Å². The van der Waals surface area contributed by atoms with Crippen molar-refractivity contribution in [1.29, 1.82) is 0 Å². The Labute approximate surface area is 150 Å².